The van der Waals surface area contributed by atoms with E-state index in [2.05, 4.69) is 4.99 Å². The lowest BCUT2D eigenvalue weighted by Crippen LogP contribution is -2.30. The maximum Gasteiger partial charge on any atom is 0.190 e. The molecule has 0 aliphatic rings. The third kappa shape index (κ3) is 4.12. The third-order valence-electron chi connectivity index (χ3n) is 1.02. The number of guanidine groups is 1. The lowest BCUT2D eigenvalue weighted by atomic mass is 10.5. The number of alkyl halides is 1. The molecule has 60 valence electrons. The maximum absolute atomic E-state index is 11.5. The highest BCUT2D eigenvalue weighted by Crippen LogP contribution is 1.83. The largest absolute Gasteiger partial charge is 0.370 e. The summed E-state index contributed by atoms with van der Waals surface area (Å²) >= 11 is 0. The minimum atomic E-state index is -0.329. The second kappa shape index (κ2) is 5.02. The zero-order chi connectivity index (χ0) is 7.98. The summed E-state index contributed by atoms with van der Waals surface area (Å²) < 4.78 is 11.5. The Morgan fingerprint density at radius 1 is 1.60 bits per heavy atom. The van der Waals surface area contributed by atoms with Crippen LogP contribution in [-0.4, -0.2) is 38.2 Å². The van der Waals surface area contributed by atoms with Gasteiger partial charge in [0.2, 0.25) is 0 Å². The van der Waals surface area contributed by atoms with Crippen molar-refractivity contribution in [2.75, 3.05) is 27.3 Å². The van der Waals surface area contributed by atoms with Gasteiger partial charge in [-0.3, -0.25) is 9.38 Å². The summed E-state index contributed by atoms with van der Waals surface area (Å²) in [5.74, 6) is 0.452. The number of nitrogens with zero attached hydrogens (tertiary/aromatic N) is 2. The van der Waals surface area contributed by atoms with Crippen molar-refractivity contribution >= 4 is 5.96 Å². The highest BCUT2D eigenvalue weighted by atomic mass is 19.1. The van der Waals surface area contributed by atoms with Gasteiger partial charge in [0.05, 0.1) is 6.67 Å². The first-order valence-corrected chi connectivity index (χ1v) is 3.21. The van der Waals surface area contributed by atoms with Crippen LogP contribution in [-0.2, 0) is 0 Å². The van der Waals surface area contributed by atoms with E-state index in [1.54, 1.807) is 19.0 Å². The Morgan fingerprint density at radius 3 is 2.60 bits per heavy atom. The van der Waals surface area contributed by atoms with Crippen molar-refractivity contribution in [3.63, 3.8) is 0 Å². The van der Waals surface area contributed by atoms with Crippen LogP contribution in [0.25, 0.3) is 0 Å². The van der Waals surface area contributed by atoms with Gasteiger partial charge in [-0.2, -0.15) is 0 Å². The normalized spacial score (nSPS) is 11.7. The van der Waals surface area contributed by atoms with E-state index in [0.717, 1.165) is 0 Å². The molecule has 4 heteroatoms. The quantitative estimate of drug-likeness (QED) is 0.352. The Kier molecular flexibility index (Phi) is 4.62. The summed E-state index contributed by atoms with van der Waals surface area (Å²) in [5, 5.41) is 0. The summed E-state index contributed by atoms with van der Waals surface area (Å²) in [7, 11) is 3.60. The lowest BCUT2D eigenvalue weighted by Gasteiger charge is -2.09. The monoisotopic (exact) mass is 147 g/mol. The Morgan fingerprint density at radius 2 is 2.20 bits per heavy atom. The molecule has 3 nitrogen and oxygen atoms in total. The van der Waals surface area contributed by atoms with E-state index >= 15 is 0 Å². The molecule has 0 heterocycles. The molecule has 0 saturated carbocycles. The summed E-state index contributed by atoms with van der Waals surface area (Å²) in [5.41, 5.74) is 5.41. The molecule has 0 aliphatic carbocycles. The number of hydrogen-bond acceptors (Lipinski definition) is 1. The van der Waals surface area contributed by atoms with Gasteiger partial charge in [-0.15, -0.1) is 0 Å². The topological polar surface area (TPSA) is 41.6 Å². The molecule has 0 aromatic carbocycles. The van der Waals surface area contributed by atoms with Crippen molar-refractivity contribution in [1.82, 2.24) is 4.90 Å². The molecule has 0 atom stereocenters. The zero-order valence-electron chi connectivity index (χ0n) is 6.47. The molecule has 0 rings (SSSR count). The predicted octanol–water partition coefficient (Wildman–Crippen LogP) is 0.222. The van der Waals surface area contributed by atoms with Crippen molar-refractivity contribution in [1.29, 1.82) is 0 Å². The number of nitrogens with two attached hydrogens (primary N) is 1. The second-order valence-electron chi connectivity index (χ2n) is 2.18. The van der Waals surface area contributed by atoms with Crippen LogP contribution < -0.4 is 5.73 Å². The first kappa shape index (κ1) is 9.20. The molecule has 0 fully saturated rings. The van der Waals surface area contributed by atoms with E-state index in [1.807, 2.05) is 0 Å². The fraction of sp³-hybridized carbons (Fsp3) is 0.833. The minimum Gasteiger partial charge on any atom is -0.370 e. The van der Waals surface area contributed by atoms with Crippen LogP contribution in [0.15, 0.2) is 4.99 Å². The van der Waals surface area contributed by atoms with Gasteiger partial charge < -0.3 is 10.6 Å². The smallest absolute Gasteiger partial charge is 0.190 e. The fourth-order valence-electron chi connectivity index (χ4n) is 0.395. The van der Waals surface area contributed by atoms with Crippen LogP contribution >= 0.6 is 0 Å². The third-order valence-corrected chi connectivity index (χ3v) is 1.02. The highest BCUT2D eigenvalue weighted by molar-refractivity contribution is 5.77. The molecule has 2 N–H and O–H groups in total. The average Bonchev–Trinajstić information content (AvgIpc) is 1.88. The van der Waals surface area contributed by atoms with Gasteiger partial charge in [0, 0.05) is 20.6 Å². The van der Waals surface area contributed by atoms with E-state index < -0.39 is 0 Å². The Hall–Kier alpha value is -0.800. The molecular formula is C6H14FN3. The second-order valence-corrected chi connectivity index (χ2v) is 2.18. The number of rotatable bonds is 3. The molecular weight excluding hydrogens is 133 g/mol. The minimum absolute atomic E-state index is 0.329. The number of hydrogen-bond donors (Lipinski definition) is 1. The fourth-order valence-corrected chi connectivity index (χ4v) is 0.395. The van der Waals surface area contributed by atoms with Crippen LogP contribution in [0.2, 0.25) is 0 Å². The van der Waals surface area contributed by atoms with E-state index in [1.165, 1.54) is 0 Å². The van der Waals surface area contributed by atoms with E-state index in [-0.39, 0.29) is 6.67 Å². The summed E-state index contributed by atoms with van der Waals surface area (Å²) in [4.78, 5) is 5.59. The molecule has 0 spiro atoms. The molecule has 0 radical (unpaired) electrons. The molecule has 0 aliphatic heterocycles. The molecule has 0 saturated heterocycles. The van der Waals surface area contributed by atoms with Crippen molar-refractivity contribution < 1.29 is 4.39 Å². The van der Waals surface area contributed by atoms with Gasteiger partial charge >= 0.3 is 0 Å². The maximum atomic E-state index is 11.5. The van der Waals surface area contributed by atoms with Crippen LogP contribution in [0.4, 0.5) is 4.39 Å². The standard InChI is InChI=1S/C6H14FN3/c1-10(2)6(8)9-5-3-4-7/h3-5H2,1-2H3,(H2,8,9). The van der Waals surface area contributed by atoms with Gasteiger partial charge in [-0.1, -0.05) is 0 Å². The van der Waals surface area contributed by atoms with E-state index in [9.17, 15) is 4.39 Å². The molecule has 0 aromatic rings. The van der Waals surface area contributed by atoms with E-state index in [4.69, 9.17) is 5.73 Å². The Labute approximate surface area is 60.7 Å². The average molecular weight is 147 g/mol. The van der Waals surface area contributed by atoms with Crippen molar-refractivity contribution in [3.05, 3.63) is 0 Å². The predicted molar refractivity (Wildman–Crippen MR) is 40.8 cm³/mol. The molecule has 0 bridgehead atoms. The van der Waals surface area contributed by atoms with Gasteiger partial charge in [-0.05, 0) is 6.42 Å². The molecule has 10 heavy (non-hydrogen) atoms. The van der Waals surface area contributed by atoms with Crippen LogP contribution in [0.1, 0.15) is 6.42 Å². The van der Waals surface area contributed by atoms with Crippen LogP contribution in [0, 0.1) is 0 Å². The first-order valence-electron chi connectivity index (χ1n) is 3.21. The Bertz CT molecular complexity index is 112. The van der Waals surface area contributed by atoms with Crippen LogP contribution in [0.3, 0.4) is 0 Å². The number of aliphatic imine (C=N–C) groups is 1. The van der Waals surface area contributed by atoms with Gasteiger partial charge in [-0.25, -0.2) is 0 Å². The molecule has 0 aromatic heterocycles. The van der Waals surface area contributed by atoms with Crippen LogP contribution in [0.5, 0.6) is 0 Å². The summed E-state index contributed by atoms with van der Waals surface area (Å²) in [6.07, 6.45) is 0.453. The summed E-state index contributed by atoms with van der Waals surface area (Å²) in [6.45, 7) is 0.144. The highest BCUT2D eigenvalue weighted by Gasteiger charge is 1.91. The number of halogens is 1. The van der Waals surface area contributed by atoms with Gasteiger partial charge in [0.1, 0.15) is 0 Å². The first-order chi connectivity index (χ1) is 4.68. The Balaban J connectivity index is 3.48. The van der Waals surface area contributed by atoms with Crippen molar-refractivity contribution in [2.24, 2.45) is 10.7 Å². The molecule has 0 unspecified atom stereocenters. The molecule has 0 amide bonds. The van der Waals surface area contributed by atoms with Gasteiger partial charge in [0.15, 0.2) is 5.96 Å². The van der Waals surface area contributed by atoms with Crippen molar-refractivity contribution in [3.8, 4) is 0 Å². The zero-order valence-corrected chi connectivity index (χ0v) is 6.47. The summed E-state index contributed by atoms with van der Waals surface area (Å²) in [6, 6.07) is 0. The lowest BCUT2D eigenvalue weighted by molar-refractivity contribution is 0.476. The van der Waals surface area contributed by atoms with Crippen molar-refractivity contribution in [2.45, 2.75) is 6.42 Å². The van der Waals surface area contributed by atoms with Gasteiger partial charge in [0.25, 0.3) is 0 Å². The SMILES string of the molecule is CN(C)C(N)=NCCCF. The van der Waals surface area contributed by atoms with E-state index in [0.29, 0.717) is 18.9 Å².